The molecular formula is C12H16ClNO. The fourth-order valence-corrected chi connectivity index (χ4v) is 1.92. The molecule has 1 aromatic carbocycles. The molecule has 3 heteroatoms. The van der Waals surface area contributed by atoms with Gasteiger partial charge in [0.25, 0.3) is 0 Å². The summed E-state index contributed by atoms with van der Waals surface area (Å²) < 4.78 is 5.29. The molecule has 0 saturated heterocycles. The van der Waals surface area contributed by atoms with Crippen LogP contribution >= 0.6 is 11.6 Å². The summed E-state index contributed by atoms with van der Waals surface area (Å²) in [6.45, 7) is 0.977. The van der Waals surface area contributed by atoms with Gasteiger partial charge in [0.1, 0.15) is 5.75 Å². The van der Waals surface area contributed by atoms with Crippen LogP contribution in [0.4, 0.5) is 0 Å². The van der Waals surface area contributed by atoms with Gasteiger partial charge in [0, 0.05) is 16.6 Å². The summed E-state index contributed by atoms with van der Waals surface area (Å²) in [7, 11) is 1.68. The molecule has 0 amide bonds. The first kappa shape index (κ1) is 10.8. The number of ether oxygens (including phenoxy) is 1. The fraction of sp³-hybridized carbons (Fsp3) is 0.500. The van der Waals surface area contributed by atoms with Crippen LogP contribution in [-0.4, -0.2) is 19.7 Å². The number of methoxy groups -OCH3 is 1. The Morgan fingerprint density at radius 1 is 1.47 bits per heavy atom. The van der Waals surface area contributed by atoms with Crippen molar-refractivity contribution in [2.24, 2.45) is 0 Å². The average Bonchev–Trinajstić information content (AvgIpc) is 3.04. The molecule has 0 unspecified atom stereocenters. The third-order valence-electron chi connectivity index (χ3n) is 2.68. The van der Waals surface area contributed by atoms with E-state index in [1.54, 1.807) is 7.11 Å². The Morgan fingerprint density at radius 2 is 2.27 bits per heavy atom. The van der Waals surface area contributed by atoms with E-state index < -0.39 is 0 Å². The zero-order chi connectivity index (χ0) is 10.7. The van der Waals surface area contributed by atoms with Crippen molar-refractivity contribution >= 4 is 11.6 Å². The van der Waals surface area contributed by atoms with Crippen LogP contribution in [0, 0.1) is 0 Å². The maximum atomic E-state index is 6.13. The summed E-state index contributed by atoms with van der Waals surface area (Å²) in [5.41, 5.74) is 1.11. The second kappa shape index (κ2) is 4.86. The molecule has 2 rings (SSSR count). The average molecular weight is 226 g/mol. The number of halogens is 1. The lowest BCUT2D eigenvalue weighted by Crippen LogP contribution is -2.19. The van der Waals surface area contributed by atoms with Crippen LogP contribution in [0.1, 0.15) is 18.4 Å². The van der Waals surface area contributed by atoms with Gasteiger partial charge in [-0.15, -0.1) is 0 Å². The van der Waals surface area contributed by atoms with Gasteiger partial charge in [-0.05, 0) is 37.9 Å². The highest BCUT2D eigenvalue weighted by Crippen LogP contribution is 2.26. The van der Waals surface area contributed by atoms with Gasteiger partial charge in [-0.25, -0.2) is 0 Å². The molecule has 0 spiro atoms. The van der Waals surface area contributed by atoms with Crippen molar-refractivity contribution in [2.75, 3.05) is 13.7 Å². The van der Waals surface area contributed by atoms with Crippen LogP contribution in [0.5, 0.6) is 5.75 Å². The van der Waals surface area contributed by atoms with Crippen LogP contribution in [0.3, 0.4) is 0 Å². The predicted octanol–water partition coefficient (Wildman–Crippen LogP) is 2.64. The van der Waals surface area contributed by atoms with E-state index in [1.807, 2.05) is 18.2 Å². The van der Waals surface area contributed by atoms with Crippen molar-refractivity contribution in [1.29, 1.82) is 0 Å². The van der Waals surface area contributed by atoms with Crippen LogP contribution in [0.2, 0.25) is 5.02 Å². The molecule has 1 saturated carbocycles. The SMILES string of the molecule is COc1cccc(Cl)c1CCNC1CC1. The van der Waals surface area contributed by atoms with E-state index in [0.717, 1.165) is 35.3 Å². The topological polar surface area (TPSA) is 21.3 Å². The quantitative estimate of drug-likeness (QED) is 0.832. The summed E-state index contributed by atoms with van der Waals surface area (Å²) in [4.78, 5) is 0. The van der Waals surface area contributed by atoms with E-state index in [4.69, 9.17) is 16.3 Å². The van der Waals surface area contributed by atoms with E-state index in [0.29, 0.717) is 0 Å². The van der Waals surface area contributed by atoms with Gasteiger partial charge >= 0.3 is 0 Å². The fourth-order valence-electron chi connectivity index (χ4n) is 1.66. The Morgan fingerprint density at radius 3 is 2.93 bits per heavy atom. The number of hydrogen-bond donors (Lipinski definition) is 1. The highest BCUT2D eigenvalue weighted by molar-refractivity contribution is 6.31. The third kappa shape index (κ3) is 2.86. The number of nitrogens with one attached hydrogen (secondary N) is 1. The Kier molecular flexibility index (Phi) is 3.49. The second-order valence-electron chi connectivity index (χ2n) is 3.90. The van der Waals surface area contributed by atoms with E-state index in [9.17, 15) is 0 Å². The van der Waals surface area contributed by atoms with Gasteiger partial charge in [0.15, 0.2) is 0 Å². The van der Waals surface area contributed by atoms with Gasteiger partial charge in [0.05, 0.1) is 7.11 Å². The standard InChI is InChI=1S/C12H16ClNO/c1-15-12-4-2-3-11(13)10(12)7-8-14-9-5-6-9/h2-4,9,14H,5-8H2,1H3. The summed E-state index contributed by atoms with van der Waals surface area (Å²) >= 11 is 6.13. The molecular weight excluding hydrogens is 210 g/mol. The van der Waals surface area contributed by atoms with Gasteiger partial charge in [0.2, 0.25) is 0 Å². The van der Waals surface area contributed by atoms with Crippen molar-refractivity contribution in [3.05, 3.63) is 28.8 Å². The smallest absolute Gasteiger partial charge is 0.123 e. The van der Waals surface area contributed by atoms with Crippen molar-refractivity contribution in [2.45, 2.75) is 25.3 Å². The third-order valence-corrected chi connectivity index (χ3v) is 3.04. The summed E-state index contributed by atoms with van der Waals surface area (Å²) in [5, 5.41) is 4.27. The Labute approximate surface area is 95.6 Å². The van der Waals surface area contributed by atoms with Crippen molar-refractivity contribution in [1.82, 2.24) is 5.32 Å². The first-order valence-corrected chi connectivity index (χ1v) is 5.74. The van der Waals surface area contributed by atoms with Crippen LogP contribution < -0.4 is 10.1 Å². The molecule has 0 atom stereocenters. The lowest BCUT2D eigenvalue weighted by Gasteiger charge is -2.10. The minimum Gasteiger partial charge on any atom is -0.496 e. The Bertz CT molecular complexity index is 336. The van der Waals surface area contributed by atoms with Crippen LogP contribution in [-0.2, 0) is 6.42 Å². The highest BCUT2D eigenvalue weighted by Gasteiger charge is 2.20. The molecule has 0 radical (unpaired) electrons. The molecule has 1 aliphatic rings. The zero-order valence-corrected chi connectivity index (χ0v) is 9.68. The number of rotatable bonds is 5. The molecule has 0 aliphatic heterocycles. The molecule has 82 valence electrons. The van der Waals surface area contributed by atoms with Gasteiger partial charge in [-0.2, -0.15) is 0 Å². The summed E-state index contributed by atoms with van der Waals surface area (Å²) in [5.74, 6) is 0.889. The zero-order valence-electron chi connectivity index (χ0n) is 8.92. The van der Waals surface area contributed by atoms with E-state index in [2.05, 4.69) is 5.32 Å². The van der Waals surface area contributed by atoms with Gasteiger partial charge in [-0.3, -0.25) is 0 Å². The number of benzene rings is 1. The molecule has 0 heterocycles. The van der Waals surface area contributed by atoms with Gasteiger partial charge < -0.3 is 10.1 Å². The second-order valence-corrected chi connectivity index (χ2v) is 4.31. The molecule has 15 heavy (non-hydrogen) atoms. The van der Waals surface area contributed by atoms with Crippen molar-refractivity contribution < 1.29 is 4.74 Å². The maximum Gasteiger partial charge on any atom is 0.123 e. The van der Waals surface area contributed by atoms with E-state index in [1.165, 1.54) is 12.8 Å². The van der Waals surface area contributed by atoms with Crippen molar-refractivity contribution in [3.63, 3.8) is 0 Å². The van der Waals surface area contributed by atoms with Crippen molar-refractivity contribution in [3.8, 4) is 5.75 Å². The molecule has 1 aliphatic carbocycles. The molecule has 1 aromatic rings. The molecule has 1 fully saturated rings. The number of hydrogen-bond acceptors (Lipinski definition) is 2. The highest BCUT2D eigenvalue weighted by atomic mass is 35.5. The maximum absolute atomic E-state index is 6.13. The van der Waals surface area contributed by atoms with Crippen LogP contribution in [0.15, 0.2) is 18.2 Å². The Balaban J connectivity index is 1.97. The largest absolute Gasteiger partial charge is 0.496 e. The van der Waals surface area contributed by atoms with Gasteiger partial charge in [-0.1, -0.05) is 17.7 Å². The predicted molar refractivity (Wildman–Crippen MR) is 62.7 cm³/mol. The monoisotopic (exact) mass is 225 g/mol. The molecule has 0 aromatic heterocycles. The lowest BCUT2D eigenvalue weighted by molar-refractivity contribution is 0.409. The lowest BCUT2D eigenvalue weighted by atomic mass is 10.1. The Hall–Kier alpha value is -0.730. The molecule has 2 nitrogen and oxygen atoms in total. The van der Waals surface area contributed by atoms with E-state index >= 15 is 0 Å². The normalized spacial score (nSPS) is 15.3. The van der Waals surface area contributed by atoms with E-state index in [-0.39, 0.29) is 0 Å². The minimum atomic E-state index is 0.749. The molecule has 1 N–H and O–H groups in total. The summed E-state index contributed by atoms with van der Waals surface area (Å²) in [6.07, 6.45) is 3.57. The minimum absolute atomic E-state index is 0.749. The first-order valence-electron chi connectivity index (χ1n) is 5.36. The first-order chi connectivity index (χ1) is 7.31. The summed E-state index contributed by atoms with van der Waals surface area (Å²) in [6, 6.07) is 6.53. The molecule has 0 bridgehead atoms. The van der Waals surface area contributed by atoms with Crippen LogP contribution in [0.25, 0.3) is 0 Å².